The van der Waals surface area contributed by atoms with E-state index in [1.165, 1.54) is 47.1 Å². The minimum Gasteiger partial charge on any atom is -0.327 e. The molecule has 0 fully saturated rings. The van der Waals surface area contributed by atoms with Crippen LogP contribution in [-0.2, 0) is 12.8 Å². The predicted octanol–water partition coefficient (Wildman–Crippen LogP) is 4.29. The van der Waals surface area contributed by atoms with Gasteiger partial charge in [-0.05, 0) is 67.7 Å². The van der Waals surface area contributed by atoms with Gasteiger partial charge in [-0.3, -0.25) is 0 Å². The first-order valence-electron chi connectivity index (χ1n) is 8.04. The number of hydrogen-bond donors (Lipinski definition) is 1. The lowest BCUT2D eigenvalue weighted by atomic mass is 9.77. The Kier molecular flexibility index (Phi) is 4.12. The van der Waals surface area contributed by atoms with Crippen LogP contribution in [0.2, 0.25) is 0 Å². The Bertz CT molecular complexity index is 629. The van der Waals surface area contributed by atoms with Gasteiger partial charge in [0, 0.05) is 6.04 Å². The molecular weight excluding hydrogens is 254 g/mol. The van der Waals surface area contributed by atoms with Crippen molar-refractivity contribution in [2.24, 2.45) is 5.73 Å². The van der Waals surface area contributed by atoms with Gasteiger partial charge < -0.3 is 5.73 Å². The monoisotopic (exact) mass is 279 g/mol. The fraction of sp³-hybridized carbons (Fsp3) is 0.400. The molecule has 1 aliphatic carbocycles. The molecule has 0 aliphatic heterocycles. The van der Waals surface area contributed by atoms with Gasteiger partial charge in [0.2, 0.25) is 0 Å². The van der Waals surface area contributed by atoms with Crippen LogP contribution in [0.15, 0.2) is 42.5 Å². The maximum absolute atomic E-state index is 6.61. The van der Waals surface area contributed by atoms with Crippen LogP contribution >= 0.6 is 0 Å². The average molecular weight is 279 g/mol. The van der Waals surface area contributed by atoms with E-state index in [1.807, 2.05) is 0 Å². The highest BCUT2D eigenvalue weighted by Crippen LogP contribution is 2.34. The third-order valence-electron chi connectivity index (χ3n) is 4.89. The Morgan fingerprint density at radius 1 is 1.14 bits per heavy atom. The summed E-state index contributed by atoms with van der Waals surface area (Å²) in [6.07, 6.45) is 4.68. The molecular formula is C20H25N. The summed E-state index contributed by atoms with van der Waals surface area (Å²) in [7, 11) is 0. The van der Waals surface area contributed by atoms with Gasteiger partial charge in [0.15, 0.2) is 0 Å². The molecule has 2 aromatic carbocycles. The maximum atomic E-state index is 6.61. The molecule has 2 N–H and O–H groups in total. The van der Waals surface area contributed by atoms with Crippen LogP contribution in [0.25, 0.3) is 0 Å². The Balaban J connectivity index is 1.83. The third-order valence-corrected chi connectivity index (χ3v) is 4.89. The molecule has 0 saturated heterocycles. The third kappa shape index (κ3) is 3.03. The van der Waals surface area contributed by atoms with Gasteiger partial charge in [0.1, 0.15) is 0 Å². The molecule has 110 valence electrons. The molecule has 0 amide bonds. The Labute approximate surface area is 128 Å². The Hall–Kier alpha value is -1.60. The summed E-state index contributed by atoms with van der Waals surface area (Å²) in [6.45, 7) is 4.35. The van der Waals surface area contributed by atoms with Crippen LogP contribution < -0.4 is 5.73 Å². The minimum atomic E-state index is 0.215. The van der Waals surface area contributed by atoms with E-state index in [0.717, 1.165) is 6.42 Å². The zero-order valence-corrected chi connectivity index (χ0v) is 13.1. The standard InChI is InChI=1S/C20H25N/c1-14-10-11-15(2)17(12-14)13-20(21)19-9-5-7-16-6-3-4-8-18(16)19/h3-4,6,8,10-12,19-20H,5,7,9,13,21H2,1-2H3. The SMILES string of the molecule is Cc1ccc(C)c(CC(N)C2CCCc3ccccc32)c1. The van der Waals surface area contributed by atoms with E-state index in [9.17, 15) is 0 Å². The summed E-state index contributed by atoms with van der Waals surface area (Å²) < 4.78 is 0. The molecule has 3 rings (SSSR count). The summed E-state index contributed by atoms with van der Waals surface area (Å²) in [5, 5.41) is 0. The number of fused-ring (bicyclic) bond motifs is 1. The molecule has 0 spiro atoms. The Morgan fingerprint density at radius 2 is 1.95 bits per heavy atom. The van der Waals surface area contributed by atoms with E-state index in [2.05, 4.69) is 56.3 Å². The van der Waals surface area contributed by atoms with E-state index in [-0.39, 0.29) is 6.04 Å². The molecule has 21 heavy (non-hydrogen) atoms. The van der Waals surface area contributed by atoms with Crippen molar-refractivity contribution < 1.29 is 0 Å². The molecule has 0 bridgehead atoms. The van der Waals surface area contributed by atoms with E-state index >= 15 is 0 Å². The van der Waals surface area contributed by atoms with Gasteiger partial charge >= 0.3 is 0 Å². The van der Waals surface area contributed by atoms with Crippen molar-refractivity contribution in [3.8, 4) is 0 Å². The first kappa shape index (κ1) is 14.3. The van der Waals surface area contributed by atoms with Crippen molar-refractivity contribution in [3.63, 3.8) is 0 Å². The topological polar surface area (TPSA) is 26.0 Å². The highest BCUT2D eigenvalue weighted by molar-refractivity contribution is 5.36. The van der Waals surface area contributed by atoms with Crippen LogP contribution in [0, 0.1) is 13.8 Å². The first-order chi connectivity index (χ1) is 10.1. The molecule has 0 heterocycles. The van der Waals surface area contributed by atoms with E-state index in [4.69, 9.17) is 5.73 Å². The minimum absolute atomic E-state index is 0.215. The predicted molar refractivity (Wildman–Crippen MR) is 89.7 cm³/mol. The van der Waals surface area contributed by atoms with Crippen molar-refractivity contribution in [2.75, 3.05) is 0 Å². The summed E-state index contributed by atoms with van der Waals surface area (Å²) in [5.41, 5.74) is 13.7. The van der Waals surface area contributed by atoms with Crippen molar-refractivity contribution in [1.29, 1.82) is 0 Å². The lowest BCUT2D eigenvalue weighted by molar-refractivity contribution is 0.459. The smallest absolute Gasteiger partial charge is 0.0149 e. The zero-order chi connectivity index (χ0) is 14.8. The molecule has 1 nitrogen and oxygen atoms in total. The molecule has 2 atom stereocenters. The summed E-state index contributed by atoms with van der Waals surface area (Å²) in [5.74, 6) is 0.509. The molecule has 2 aromatic rings. The second-order valence-corrected chi connectivity index (χ2v) is 6.50. The highest BCUT2D eigenvalue weighted by Gasteiger charge is 2.25. The zero-order valence-electron chi connectivity index (χ0n) is 13.1. The first-order valence-corrected chi connectivity index (χ1v) is 8.04. The lowest BCUT2D eigenvalue weighted by Crippen LogP contribution is -2.33. The van der Waals surface area contributed by atoms with Gasteiger partial charge in [0.25, 0.3) is 0 Å². The van der Waals surface area contributed by atoms with Gasteiger partial charge in [-0.25, -0.2) is 0 Å². The summed E-state index contributed by atoms with van der Waals surface area (Å²) in [6, 6.07) is 15.8. The van der Waals surface area contributed by atoms with Crippen LogP contribution in [0.3, 0.4) is 0 Å². The summed E-state index contributed by atoms with van der Waals surface area (Å²) >= 11 is 0. The second-order valence-electron chi connectivity index (χ2n) is 6.50. The van der Waals surface area contributed by atoms with Crippen molar-refractivity contribution >= 4 is 0 Å². The molecule has 0 aromatic heterocycles. The van der Waals surface area contributed by atoms with E-state index in [0.29, 0.717) is 5.92 Å². The quantitative estimate of drug-likeness (QED) is 0.891. The summed E-state index contributed by atoms with van der Waals surface area (Å²) in [4.78, 5) is 0. The number of nitrogens with two attached hydrogens (primary N) is 1. The van der Waals surface area contributed by atoms with Crippen LogP contribution in [0.5, 0.6) is 0 Å². The number of rotatable bonds is 3. The fourth-order valence-corrected chi connectivity index (χ4v) is 3.65. The van der Waals surface area contributed by atoms with Crippen molar-refractivity contribution in [1.82, 2.24) is 0 Å². The number of benzene rings is 2. The molecule has 1 aliphatic rings. The van der Waals surface area contributed by atoms with Gasteiger partial charge in [0.05, 0.1) is 0 Å². The van der Waals surface area contributed by atoms with Crippen molar-refractivity contribution in [2.45, 2.75) is 51.5 Å². The van der Waals surface area contributed by atoms with Crippen LogP contribution in [-0.4, -0.2) is 6.04 Å². The molecule has 2 unspecified atom stereocenters. The van der Waals surface area contributed by atoms with Crippen molar-refractivity contribution in [3.05, 3.63) is 70.3 Å². The number of hydrogen-bond acceptors (Lipinski definition) is 1. The number of aryl methyl sites for hydroxylation is 3. The Morgan fingerprint density at radius 3 is 2.81 bits per heavy atom. The van der Waals surface area contributed by atoms with Gasteiger partial charge in [-0.15, -0.1) is 0 Å². The molecule has 0 radical (unpaired) electrons. The maximum Gasteiger partial charge on any atom is 0.0149 e. The van der Waals surface area contributed by atoms with E-state index < -0.39 is 0 Å². The van der Waals surface area contributed by atoms with E-state index in [1.54, 1.807) is 0 Å². The van der Waals surface area contributed by atoms with Crippen LogP contribution in [0.1, 0.15) is 46.6 Å². The second kappa shape index (κ2) is 6.03. The molecule has 0 saturated carbocycles. The highest BCUT2D eigenvalue weighted by atomic mass is 14.7. The van der Waals surface area contributed by atoms with Crippen LogP contribution in [0.4, 0.5) is 0 Å². The van der Waals surface area contributed by atoms with Gasteiger partial charge in [-0.1, -0.05) is 48.0 Å². The van der Waals surface area contributed by atoms with Gasteiger partial charge in [-0.2, -0.15) is 0 Å². The lowest BCUT2D eigenvalue weighted by Gasteiger charge is -2.30. The average Bonchev–Trinajstić information content (AvgIpc) is 2.50. The molecule has 1 heteroatoms. The largest absolute Gasteiger partial charge is 0.327 e. The fourth-order valence-electron chi connectivity index (χ4n) is 3.65. The normalized spacial score (nSPS) is 19.1.